The van der Waals surface area contributed by atoms with Crippen molar-refractivity contribution in [3.63, 3.8) is 0 Å². The van der Waals surface area contributed by atoms with Gasteiger partial charge in [0.15, 0.2) is 0 Å². The molecule has 0 radical (unpaired) electrons. The third kappa shape index (κ3) is 1.15. The van der Waals surface area contributed by atoms with E-state index in [9.17, 15) is 0 Å². The maximum atomic E-state index is 2.38. The molecule has 2 saturated heterocycles. The number of hydrogen-bond donors (Lipinski definition) is 0. The molecule has 0 amide bonds. The van der Waals surface area contributed by atoms with Crippen molar-refractivity contribution in [1.82, 2.24) is 19.6 Å². The van der Waals surface area contributed by atoms with Gasteiger partial charge in [-0.25, -0.2) is 0 Å². The number of rotatable bonds is 0. The first-order valence-corrected chi connectivity index (χ1v) is 8.52. The Morgan fingerprint density at radius 1 is 0.500 bits per heavy atom. The van der Waals surface area contributed by atoms with Crippen LogP contribution in [0.4, 0.5) is 0 Å². The summed E-state index contributed by atoms with van der Waals surface area (Å²) in [5.74, 6) is 0. The molecule has 4 heteroatoms. The molecule has 6 rings (SSSR count). The van der Waals surface area contributed by atoms with Gasteiger partial charge in [-0.3, -0.25) is 0 Å². The minimum absolute atomic E-state index is 0.968. The molecule has 2 aromatic carbocycles. The summed E-state index contributed by atoms with van der Waals surface area (Å²) in [6, 6.07) is 9.35. The monoisotopic (exact) mass is 316 g/mol. The molecule has 0 saturated carbocycles. The average Bonchev–Trinajstić information content (AvgIpc) is 3.21. The van der Waals surface area contributed by atoms with Crippen LogP contribution >= 0.6 is 0 Å². The van der Waals surface area contributed by atoms with Crippen LogP contribution < -0.4 is 20.9 Å². The Labute approximate surface area is 140 Å². The first-order chi connectivity index (χ1) is 11.6. The van der Waals surface area contributed by atoms with Gasteiger partial charge in [0.05, 0.1) is 36.1 Å². The van der Waals surface area contributed by atoms with Crippen LogP contribution in [0.25, 0.3) is 33.6 Å². The summed E-state index contributed by atoms with van der Waals surface area (Å²) in [6.45, 7) is 1.94. The smallest absolute Gasteiger partial charge is 0.0898 e. The van der Waals surface area contributed by atoms with Crippen LogP contribution in [0.15, 0.2) is 24.3 Å². The maximum absolute atomic E-state index is 2.38. The summed E-state index contributed by atoms with van der Waals surface area (Å²) in [5.41, 5.74) is 5.57. The highest BCUT2D eigenvalue weighted by atomic mass is 15.4. The highest BCUT2D eigenvalue weighted by Crippen LogP contribution is 2.32. The van der Waals surface area contributed by atoms with E-state index in [1.54, 1.807) is 0 Å². The lowest BCUT2D eigenvalue weighted by Crippen LogP contribution is -2.28. The second-order valence-electron chi connectivity index (χ2n) is 7.54. The summed E-state index contributed by atoms with van der Waals surface area (Å²) in [4.78, 5) is 9.50. The van der Waals surface area contributed by atoms with Gasteiger partial charge in [-0.1, -0.05) is 24.3 Å². The van der Waals surface area contributed by atoms with E-state index in [-0.39, 0.29) is 0 Å². The standard InChI is InChI=1S/C20H20N4/c1-21-9-22(2)18-12-7-8-14-16-13(6-5-11(15(12)16)17(18)21)19-20(14)24(4)10-23(19)3/h5-8H,9-10H2,1-4H3. The third-order valence-corrected chi connectivity index (χ3v) is 6.01. The molecular formula is C20H20N4. The Bertz CT molecular complexity index is 1030. The number of likely N-dealkylation sites (N-methyl/N-ethyl adjacent to an activating group) is 4. The molecule has 0 N–H and O–H groups in total. The SMILES string of the molecule is CN1CN(C)C2=c3ccc4c5c(ccc(c35)=C21)=C1C=4N(C)CN1C. The Morgan fingerprint density at radius 3 is 1.00 bits per heavy atom. The predicted molar refractivity (Wildman–Crippen MR) is 96.9 cm³/mol. The Kier molecular flexibility index (Phi) is 1.98. The zero-order valence-corrected chi connectivity index (χ0v) is 14.5. The minimum Gasteiger partial charge on any atom is -0.355 e. The van der Waals surface area contributed by atoms with Gasteiger partial charge >= 0.3 is 0 Å². The molecule has 4 nitrogen and oxygen atoms in total. The van der Waals surface area contributed by atoms with Gasteiger partial charge in [-0.2, -0.15) is 0 Å². The molecule has 0 atom stereocenters. The minimum atomic E-state index is 0.968. The fraction of sp³-hybridized carbons (Fsp3) is 0.300. The molecule has 2 aliphatic heterocycles. The van der Waals surface area contributed by atoms with Gasteiger partial charge in [0, 0.05) is 59.8 Å². The average molecular weight is 316 g/mol. The summed E-state index contributed by atoms with van der Waals surface area (Å²) < 4.78 is 0. The summed E-state index contributed by atoms with van der Waals surface area (Å²) in [6.07, 6.45) is 0. The predicted octanol–water partition coefficient (Wildman–Crippen LogP) is -1.03. The fourth-order valence-corrected chi connectivity index (χ4v) is 5.26. The van der Waals surface area contributed by atoms with Gasteiger partial charge in [-0.15, -0.1) is 0 Å². The molecule has 24 heavy (non-hydrogen) atoms. The van der Waals surface area contributed by atoms with Crippen molar-refractivity contribution < 1.29 is 0 Å². The zero-order valence-electron chi connectivity index (χ0n) is 14.5. The van der Waals surface area contributed by atoms with E-state index in [1.165, 1.54) is 54.4 Å². The molecule has 0 spiro atoms. The largest absolute Gasteiger partial charge is 0.355 e. The first kappa shape index (κ1) is 12.8. The summed E-state index contributed by atoms with van der Waals surface area (Å²) in [5, 5.41) is 8.50. The molecule has 0 bridgehead atoms. The van der Waals surface area contributed by atoms with E-state index in [0.717, 1.165) is 13.3 Å². The van der Waals surface area contributed by atoms with Crippen LogP contribution in [-0.4, -0.2) is 61.1 Å². The highest BCUT2D eigenvalue weighted by Gasteiger charge is 2.34. The number of fused-ring (bicyclic) bond motifs is 2. The Morgan fingerprint density at radius 2 is 0.750 bits per heavy atom. The van der Waals surface area contributed by atoms with Crippen molar-refractivity contribution in [1.29, 1.82) is 0 Å². The molecule has 2 aliphatic carbocycles. The zero-order chi connectivity index (χ0) is 16.3. The molecule has 2 heterocycles. The van der Waals surface area contributed by atoms with E-state index in [4.69, 9.17) is 0 Å². The second kappa shape index (κ2) is 3.72. The molecule has 2 fully saturated rings. The van der Waals surface area contributed by atoms with Gasteiger partial charge in [0.1, 0.15) is 0 Å². The van der Waals surface area contributed by atoms with E-state index in [0.29, 0.717) is 0 Å². The number of benzene rings is 2. The Balaban J connectivity index is 1.93. The number of hydrogen-bond acceptors (Lipinski definition) is 4. The van der Waals surface area contributed by atoms with Crippen molar-refractivity contribution in [3.8, 4) is 0 Å². The lowest BCUT2D eigenvalue weighted by Gasteiger charge is -2.14. The second-order valence-corrected chi connectivity index (χ2v) is 7.54. The number of nitrogens with zero attached hydrogens (tertiary/aromatic N) is 4. The van der Waals surface area contributed by atoms with Crippen LogP contribution in [0.3, 0.4) is 0 Å². The van der Waals surface area contributed by atoms with Crippen LogP contribution in [0, 0.1) is 0 Å². The Hall–Kier alpha value is -2.62. The summed E-state index contributed by atoms with van der Waals surface area (Å²) in [7, 11) is 8.80. The first-order valence-electron chi connectivity index (χ1n) is 8.52. The maximum Gasteiger partial charge on any atom is 0.0898 e. The van der Waals surface area contributed by atoms with Gasteiger partial charge in [0.25, 0.3) is 0 Å². The van der Waals surface area contributed by atoms with Crippen LogP contribution in [0.2, 0.25) is 0 Å². The highest BCUT2D eigenvalue weighted by molar-refractivity contribution is 6.08. The molecule has 2 aromatic rings. The van der Waals surface area contributed by atoms with E-state index in [1.807, 2.05) is 0 Å². The molecule has 4 aliphatic rings. The van der Waals surface area contributed by atoms with Crippen LogP contribution in [0.5, 0.6) is 0 Å². The topological polar surface area (TPSA) is 13.0 Å². The van der Waals surface area contributed by atoms with Gasteiger partial charge < -0.3 is 19.6 Å². The molecule has 120 valence electrons. The molecule has 0 aromatic heterocycles. The van der Waals surface area contributed by atoms with Crippen molar-refractivity contribution in [2.24, 2.45) is 0 Å². The summed E-state index contributed by atoms with van der Waals surface area (Å²) >= 11 is 0. The lowest BCUT2D eigenvalue weighted by molar-refractivity contribution is 0.369. The van der Waals surface area contributed by atoms with Crippen molar-refractivity contribution in [2.45, 2.75) is 0 Å². The third-order valence-electron chi connectivity index (χ3n) is 6.01. The van der Waals surface area contributed by atoms with Crippen LogP contribution in [0.1, 0.15) is 0 Å². The quantitative estimate of drug-likeness (QED) is 0.616. The van der Waals surface area contributed by atoms with E-state index >= 15 is 0 Å². The molecular weight excluding hydrogens is 296 g/mol. The lowest BCUT2D eigenvalue weighted by atomic mass is 10.1. The van der Waals surface area contributed by atoms with Gasteiger partial charge in [0.2, 0.25) is 0 Å². The van der Waals surface area contributed by atoms with Gasteiger partial charge in [-0.05, 0) is 0 Å². The van der Waals surface area contributed by atoms with Crippen LogP contribution in [-0.2, 0) is 0 Å². The fourth-order valence-electron chi connectivity index (χ4n) is 5.26. The normalized spacial score (nSPS) is 20.3. The van der Waals surface area contributed by atoms with E-state index < -0.39 is 0 Å². The van der Waals surface area contributed by atoms with Crippen molar-refractivity contribution in [2.75, 3.05) is 41.5 Å². The van der Waals surface area contributed by atoms with Crippen molar-refractivity contribution >= 4 is 33.6 Å². The molecule has 0 unspecified atom stereocenters. The van der Waals surface area contributed by atoms with Crippen molar-refractivity contribution in [3.05, 3.63) is 45.1 Å². The van der Waals surface area contributed by atoms with E-state index in [2.05, 4.69) is 72.1 Å².